The lowest BCUT2D eigenvalue weighted by Crippen LogP contribution is -2.11. The van der Waals surface area contributed by atoms with Gasteiger partial charge in [-0.2, -0.15) is 0 Å². The Morgan fingerprint density at radius 2 is 0.884 bits per heavy atom. The van der Waals surface area contributed by atoms with Crippen LogP contribution in [0.4, 0.5) is 11.4 Å². The number of phenolic OH excluding ortho intramolecular Hbond substituents is 2. The van der Waals surface area contributed by atoms with Crippen LogP contribution in [0.5, 0.6) is 11.5 Å². The fourth-order valence-electron chi connectivity index (χ4n) is 5.75. The van der Waals surface area contributed by atoms with Crippen molar-refractivity contribution in [3.63, 3.8) is 0 Å². The summed E-state index contributed by atoms with van der Waals surface area (Å²) in [6.45, 7) is 20.9. The smallest absolute Gasteiger partial charge is 0.128 e. The first-order chi connectivity index (χ1) is 20.1. The zero-order chi connectivity index (χ0) is 31.7. The zero-order valence-corrected chi connectivity index (χ0v) is 27.4. The molecule has 0 saturated carbocycles. The van der Waals surface area contributed by atoms with Crippen LogP contribution in [-0.2, 0) is 17.3 Å². The van der Waals surface area contributed by atoms with Crippen molar-refractivity contribution in [3.8, 4) is 11.5 Å². The van der Waals surface area contributed by atoms with Gasteiger partial charge in [0.2, 0.25) is 0 Å². The van der Waals surface area contributed by atoms with Gasteiger partial charge in [0.1, 0.15) is 11.5 Å². The van der Waals surface area contributed by atoms with E-state index in [1.54, 1.807) is 12.4 Å². The number of hydrogen-bond donors (Lipinski definition) is 2. The minimum atomic E-state index is -0.149. The summed E-state index contributed by atoms with van der Waals surface area (Å²) in [6.07, 6.45) is 4.34. The second kappa shape index (κ2) is 12.2. The van der Waals surface area contributed by atoms with Crippen LogP contribution in [0.25, 0.3) is 0 Å². The van der Waals surface area contributed by atoms with Crippen molar-refractivity contribution in [2.45, 2.75) is 86.5 Å². The van der Waals surface area contributed by atoms with E-state index in [0.29, 0.717) is 11.5 Å². The van der Waals surface area contributed by atoms with Gasteiger partial charge in [0.05, 0.1) is 11.4 Å². The van der Waals surface area contributed by atoms with Crippen molar-refractivity contribution >= 4 is 23.8 Å². The van der Waals surface area contributed by atoms with Crippen molar-refractivity contribution < 1.29 is 10.2 Å². The standard InChI is InChI=1S/C39H46N2O2/c1-24-17-28(18-25(2)34(24)40-22-30-13-11-15-32(36(30)42)38(5,6)7)21-29-19-26(3)35(27(4)20-29)41-23-31-14-12-16-33(37(31)43)39(8,9)10/h11-20,22-23,42-43H,21H2,1-10H3. The SMILES string of the molecule is Cc1cc(Cc2cc(C)c(N=Cc3cccc(C(C)(C)C)c3O)c(C)c2)cc(C)c1N=Cc1cccc(C(C)(C)C)c1O. The van der Waals surface area contributed by atoms with E-state index in [2.05, 4.69) is 93.5 Å². The Morgan fingerprint density at radius 1 is 0.558 bits per heavy atom. The normalized spacial score (nSPS) is 12.5. The van der Waals surface area contributed by atoms with Gasteiger partial charge in [-0.25, -0.2) is 0 Å². The predicted molar refractivity (Wildman–Crippen MR) is 183 cm³/mol. The van der Waals surface area contributed by atoms with Crippen LogP contribution >= 0.6 is 0 Å². The van der Waals surface area contributed by atoms with Crippen molar-refractivity contribution in [2.75, 3.05) is 0 Å². The first-order valence-electron chi connectivity index (χ1n) is 15.0. The molecule has 0 aliphatic carbocycles. The molecule has 43 heavy (non-hydrogen) atoms. The van der Waals surface area contributed by atoms with Crippen LogP contribution in [0.15, 0.2) is 70.6 Å². The van der Waals surface area contributed by atoms with E-state index in [9.17, 15) is 10.2 Å². The zero-order valence-electron chi connectivity index (χ0n) is 27.4. The van der Waals surface area contributed by atoms with Crippen LogP contribution in [0.3, 0.4) is 0 Å². The van der Waals surface area contributed by atoms with Gasteiger partial charge in [0, 0.05) is 23.6 Å². The highest BCUT2D eigenvalue weighted by atomic mass is 16.3. The molecule has 4 aromatic rings. The highest BCUT2D eigenvalue weighted by Crippen LogP contribution is 2.35. The number of phenols is 2. The Morgan fingerprint density at radius 3 is 1.19 bits per heavy atom. The van der Waals surface area contributed by atoms with E-state index in [-0.39, 0.29) is 10.8 Å². The maximum atomic E-state index is 10.8. The molecule has 0 aliphatic rings. The minimum Gasteiger partial charge on any atom is -0.507 e. The molecule has 4 rings (SSSR count). The van der Waals surface area contributed by atoms with Gasteiger partial charge in [-0.3, -0.25) is 9.98 Å². The second-order valence-electron chi connectivity index (χ2n) is 13.8. The Hall–Kier alpha value is -4.18. The number of nitrogens with zero attached hydrogens (tertiary/aromatic N) is 2. The lowest BCUT2D eigenvalue weighted by Gasteiger charge is -2.21. The van der Waals surface area contributed by atoms with Gasteiger partial charge in [-0.15, -0.1) is 0 Å². The van der Waals surface area contributed by atoms with Crippen LogP contribution in [0.2, 0.25) is 0 Å². The molecule has 0 saturated heterocycles. The summed E-state index contributed by atoms with van der Waals surface area (Å²) in [4.78, 5) is 9.60. The Balaban J connectivity index is 1.56. The minimum absolute atomic E-state index is 0.149. The van der Waals surface area contributed by atoms with Crippen LogP contribution in [0, 0.1) is 27.7 Å². The van der Waals surface area contributed by atoms with Gasteiger partial charge >= 0.3 is 0 Å². The summed E-state index contributed by atoms with van der Waals surface area (Å²) < 4.78 is 0. The summed E-state index contributed by atoms with van der Waals surface area (Å²) in [5.41, 5.74) is 11.7. The van der Waals surface area contributed by atoms with Gasteiger partial charge in [0.25, 0.3) is 0 Å². The van der Waals surface area contributed by atoms with E-state index in [1.807, 2.05) is 36.4 Å². The molecular weight excluding hydrogens is 528 g/mol. The number of aromatic hydroxyl groups is 2. The summed E-state index contributed by atoms with van der Waals surface area (Å²) >= 11 is 0. The van der Waals surface area contributed by atoms with E-state index in [4.69, 9.17) is 9.98 Å². The summed E-state index contributed by atoms with van der Waals surface area (Å²) in [5.74, 6) is 0.582. The third-order valence-corrected chi connectivity index (χ3v) is 7.93. The molecule has 0 aliphatic heterocycles. The molecule has 0 aromatic heterocycles. The molecular formula is C39H46N2O2. The summed E-state index contributed by atoms with van der Waals surface area (Å²) in [5, 5.41) is 21.7. The maximum Gasteiger partial charge on any atom is 0.128 e. The molecule has 4 nitrogen and oxygen atoms in total. The molecule has 0 heterocycles. The molecule has 4 aromatic carbocycles. The molecule has 2 N–H and O–H groups in total. The van der Waals surface area contributed by atoms with Crippen molar-refractivity contribution in [1.82, 2.24) is 0 Å². The lowest BCUT2D eigenvalue weighted by atomic mass is 9.85. The number of aryl methyl sites for hydroxylation is 4. The molecule has 0 bridgehead atoms. The van der Waals surface area contributed by atoms with Crippen LogP contribution < -0.4 is 0 Å². The van der Waals surface area contributed by atoms with Crippen molar-refractivity contribution in [1.29, 1.82) is 0 Å². The largest absolute Gasteiger partial charge is 0.507 e. The van der Waals surface area contributed by atoms with E-state index in [0.717, 1.165) is 62.3 Å². The highest BCUT2D eigenvalue weighted by Gasteiger charge is 2.20. The highest BCUT2D eigenvalue weighted by molar-refractivity contribution is 5.87. The third-order valence-electron chi connectivity index (χ3n) is 7.93. The molecule has 0 atom stereocenters. The van der Waals surface area contributed by atoms with E-state index < -0.39 is 0 Å². The molecule has 0 unspecified atom stereocenters. The predicted octanol–water partition coefficient (Wildman–Crippen LogP) is 10.0. The number of rotatable bonds is 6. The lowest BCUT2D eigenvalue weighted by molar-refractivity contribution is 0.445. The van der Waals surface area contributed by atoms with Gasteiger partial charge in [-0.05, 0) is 102 Å². The molecule has 0 fully saturated rings. The Kier molecular flexibility index (Phi) is 9.01. The van der Waals surface area contributed by atoms with E-state index in [1.165, 1.54) is 11.1 Å². The second-order valence-corrected chi connectivity index (χ2v) is 13.8. The van der Waals surface area contributed by atoms with Gasteiger partial charge < -0.3 is 10.2 Å². The monoisotopic (exact) mass is 574 g/mol. The van der Waals surface area contributed by atoms with Crippen molar-refractivity contribution in [2.24, 2.45) is 9.98 Å². The number of para-hydroxylation sites is 2. The number of aliphatic imine (C=N–C) groups is 2. The van der Waals surface area contributed by atoms with Crippen LogP contribution in [0.1, 0.15) is 97.2 Å². The van der Waals surface area contributed by atoms with Crippen molar-refractivity contribution in [3.05, 3.63) is 116 Å². The Bertz CT molecular complexity index is 1540. The summed E-state index contributed by atoms with van der Waals surface area (Å²) in [6, 6.07) is 20.5. The average molecular weight is 575 g/mol. The van der Waals surface area contributed by atoms with Gasteiger partial charge in [0.15, 0.2) is 0 Å². The average Bonchev–Trinajstić information content (AvgIpc) is 2.88. The fraction of sp³-hybridized carbons (Fsp3) is 0.333. The molecule has 0 radical (unpaired) electrons. The summed E-state index contributed by atoms with van der Waals surface area (Å²) in [7, 11) is 0. The molecule has 0 spiro atoms. The van der Waals surface area contributed by atoms with E-state index >= 15 is 0 Å². The maximum absolute atomic E-state index is 10.8. The quantitative estimate of drug-likeness (QED) is 0.225. The number of hydrogen-bond acceptors (Lipinski definition) is 4. The molecule has 0 amide bonds. The van der Waals surface area contributed by atoms with Crippen LogP contribution in [-0.4, -0.2) is 22.6 Å². The fourth-order valence-corrected chi connectivity index (χ4v) is 5.75. The molecule has 224 valence electrons. The third kappa shape index (κ3) is 7.25. The Labute approximate surface area is 257 Å². The molecule has 4 heteroatoms. The van der Waals surface area contributed by atoms with Gasteiger partial charge in [-0.1, -0.05) is 90.1 Å². The topological polar surface area (TPSA) is 65.2 Å². The number of benzene rings is 4. The first kappa shape index (κ1) is 31.7. The first-order valence-corrected chi connectivity index (χ1v) is 15.0.